The van der Waals surface area contributed by atoms with Gasteiger partial charge in [-0.2, -0.15) is 0 Å². The quantitative estimate of drug-likeness (QED) is 0.837. The summed E-state index contributed by atoms with van der Waals surface area (Å²) in [4.78, 5) is 14.0. The second kappa shape index (κ2) is 7.04. The molecule has 1 aromatic carbocycles. The molecule has 0 fully saturated rings. The molecule has 0 heterocycles. The van der Waals surface area contributed by atoms with Crippen molar-refractivity contribution in [3.05, 3.63) is 24.3 Å². The maximum Gasteiger partial charge on any atom is 0.229 e. The molecule has 1 aromatic rings. The van der Waals surface area contributed by atoms with Gasteiger partial charge in [0.2, 0.25) is 5.91 Å². The van der Waals surface area contributed by atoms with Crippen LogP contribution < -0.4 is 4.90 Å². The van der Waals surface area contributed by atoms with Crippen molar-refractivity contribution in [3.63, 3.8) is 0 Å². The van der Waals surface area contributed by atoms with Crippen LogP contribution >= 0.6 is 0 Å². The van der Waals surface area contributed by atoms with Crippen molar-refractivity contribution in [2.45, 2.75) is 39.5 Å². The second-order valence-corrected chi connectivity index (χ2v) is 4.66. The highest BCUT2D eigenvalue weighted by Gasteiger charge is 2.20. The molecular weight excluding hydrogens is 226 g/mol. The number of anilines is 1. The van der Waals surface area contributed by atoms with Gasteiger partial charge in [-0.15, -0.1) is 0 Å². The van der Waals surface area contributed by atoms with Gasteiger partial charge in [-0.1, -0.05) is 32.8 Å². The standard InChI is InChI=1S/C15H23NO2/c1-4-6-8-12(5-2)15(18)16(3)13-9-7-10-14(17)11-13/h7,9-12,17H,4-6,8H2,1-3H3. The van der Waals surface area contributed by atoms with Gasteiger partial charge in [-0.25, -0.2) is 0 Å². The van der Waals surface area contributed by atoms with E-state index in [9.17, 15) is 9.90 Å². The number of aromatic hydroxyl groups is 1. The number of carbonyl (C=O) groups is 1. The van der Waals surface area contributed by atoms with E-state index in [4.69, 9.17) is 0 Å². The van der Waals surface area contributed by atoms with Gasteiger partial charge >= 0.3 is 0 Å². The summed E-state index contributed by atoms with van der Waals surface area (Å²) in [5.74, 6) is 0.405. The lowest BCUT2D eigenvalue weighted by Gasteiger charge is -2.23. The van der Waals surface area contributed by atoms with Crippen LogP contribution in [0, 0.1) is 5.92 Å². The molecule has 0 saturated heterocycles. The fourth-order valence-electron chi connectivity index (χ4n) is 2.06. The van der Waals surface area contributed by atoms with E-state index in [2.05, 4.69) is 13.8 Å². The molecule has 3 nitrogen and oxygen atoms in total. The van der Waals surface area contributed by atoms with Crippen LogP contribution in [0.2, 0.25) is 0 Å². The predicted molar refractivity (Wildman–Crippen MR) is 74.8 cm³/mol. The molecule has 0 bridgehead atoms. The summed E-state index contributed by atoms with van der Waals surface area (Å²) in [6, 6.07) is 6.81. The van der Waals surface area contributed by atoms with Crippen LogP contribution in [0.5, 0.6) is 5.75 Å². The number of amides is 1. The lowest BCUT2D eigenvalue weighted by molar-refractivity contribution is -0.122. The van der Waals surface area contributed by atoms with Crippen LogP contribution in [0.15, 0.2) is 24.3 Å². The van der Waals surface area contributed by atoms with E-state index in [0.29, 0.717) is 0 Å². The summed E-state index contributed by atoms with van der Waals surface area (Å²) in [6.45, 7) is 4.19. The summed E-state index contributed by atoms with van der Waals surface area (Å²) in [7, 11) is 1.77. The molecule has 3 heteroatoms. The van der Waals surface area contributed by atoms with Gasteiger partial charge in [0.05, 0.1) is 0 Å². The summed E-state index contributed by atoms with van der Waals surface area (Å²) in [5.41, 5.74) is 0.745. The third kappa shape index (κ3) is 3.76. The number of benzene rings is 1. The van der Waals surface area contributed by atoms with E-state index in [1.54, 1.807) is 30.1 Å². The third-order valence-corrected chi connectivity index (χ3v) is 3.30. The Morgan fingerprint density at radius 2 is 2.11 bits per heavy atom. The van der Waals surface area contributed by atoms with Gasteiger partial charge in [0.25, 0.3) is 0 Å². The van der Waals surface area contributed by atoms with E-state index in [1.807, 2.05) is 6.07 Å². The highest BCUT2D eigenvalue weighted by atomic mass is 16.3. The van der Waals surface area contributed by atoms with Crippen molar-refractivity contribution in [2.75, 3.05) is 11.9 Å². The van der Waals surface area contributed by atoms with Crippen LogP contribution in [0.4, 0.5) is 5.69 Å². The van der Waals surface area contributed by atoms with Crippen LogP contribution in [-0.4, -0.2) is 18.1 Å². The number of carbonyl (C=O) groups excluding carboxylic acids is 1. The summed E-state index contributed by atoms with van der Waals surface area (Å²) < 4.78 is 0. The maximum absolute atomic E-state index is 12.3. The molecule has 0 saturated carbocycles. The SMILES string of the molecule is CCCCC(CC)C(=O)N(C)c1cccc(O)c1. The first-order valence-electron chi connectivity index (χ1n) is 6.66. The highest BCUT2D eigenvalue weighted by molar-refractivity contribution is 5.94. The molecule has 1 N–H and O–H groups in total. The third-order valence-electron chi connectivity index (χ3n) is 3.30. The van der Waals surface area contributed by atoms with Crippen molar-refractivity contribution in [1.82, 2.24) is 0 Å². The molecule has 0 aliphatic heterocycles. The minimum Gasteiger partial charge on any atom is -0.508 e. The first kappa shape index (κ1) is 14.6. The van der Waals surface area contributed by atoms with Gasteiger partial charge < -0.3 is 10.0 Å². The Balaban J connectivity index is 2.75. The van der Waals surface area contributed by atoms with Crippen LogP contribution in [0.25, 0.3) is 0 Å². The molecule has 0 aliphatic carbocycles. The van der Waals surface area contributed by atoms with Gasteiger partial charge in [0.1, 0.15) is 5.75 Å². The topological polar surface area (TPSA) is 40.5 Å². The van der Waals surface area contributed by atoms with Crippen molar-refractivity contribution >= 4 is 11.6 Å². The zero-order valence-electron chi connectivity index (χ0n) is 11.5. The van der Waals surface area contributed by atoms with Crippen molar-refractivity contribution in [1.29, 1.82) is 0 Å². The minimum absolute atomic E-state index is 0.0808. The number of phenolic OH excluding ortho intramolecular Hbond substituents is 1. The molecule has 1 amide bonds. The number of hydrogen-bond donors (Lipinski definition) is 1. The largest absolute Gasteiger partial charge is 0.508 e. The van der Waals surface area contributed by atoms with Crippen molar-refractivity contribution in [3.8, 4) is 5.75 Å². The molecule has 1 atom stereocenters. The monoisotopic (exact) mass is 249 g/mol. The maximum atomic E-state index is 12.3. The Morgan fingerprint density at radius 1 is 1.39 bits per heavy atom. The van der Waals surface area contributed by atoms with Gasteiger partial charge in [-0.05, 0) is 25.0 Å². The van der Waals surface area contributed by atoms with E-state index in [1.165, 1.54) is 0 Å². The number of phenols is 1. The molecule has 18 heavy (non-hydrogen) atoms. The molecular formula is C15H23NO2. The second-order valence-electron chi connectivity index (χ2n) is 4.66. The van der Waals surface area contributed by atoms with Crippen molar-refractivity contribution in [2.24, 2.45) is 5.92 Å². The first-order valence-corrected chi connectivity index (χ1v) is 6.66. The minimum atomic E-state index is 0.0808. The van der Waals surface area contributed by atoms with Crippen molar-refractivity contribution < 1.29 is 9.90 Å². The molecule has 100 valence electrons. The Hall–Kier alpha value is -1.51. The average molecular weight is 249 g/mol. The smallest absolute Gasteiger partial charge is 0.229 e. The Labute approximate surface area is 109 Å². The normalized spacial score (nSPS) is 12.2. The number of rotatable bonds is 6. The van der Waals surface area contributed by atoms with Crippen LogP contribution in [-0.2, 0) is 4.79 Å². The van der Waals surface area contributed by atoms with E-state index in [0.717, 1.165) is 31.4 Å². The fraction of sp³-hybridized carbons (Fsp3) is 0.533. The molecule has 1 rings (SSSR count). The first-order chi connectivity index (χ1) is 8.60. The summed E-state index contributed by atoms with van der Waals surface area (Å²) >= 11 is 0. The molecule has 0 radical (unpaired) electrons. The Morgan fingerprint density at radius 3 is 2.67 bits per heavy atom. The van der Waals surface area contributed by atoms with E-state index >= 15 is 0 Å². The zero-order chi connectivity index (χ0) is 13.5. The Bertz CT molecular complexity index is 390. The highest BCUT2D eigenvalue weighted by Crippen LogP contribution is 2.23. The van der Waals surface area contributed by atoms with Crippen LogP contribution in [0.3, 0.4) is 0 Å². The summed E-state index contributed by atoms with van der Waals surface area (Å²) in [5, 5.41) is 9.44. The molecule has 0 aliphatic rings. The number of unbranched alkanes of at least 4 members (excludes halogenated alkanes) is 1. The summed E-state index contributed by atoms with van der Waals surface area (Å²) in [6.07, 6.45) is 3.99. The predicted octanol–water partition coefficient (Wildman–Crippen LogP) is 3.57. The number of hydrogen-bond acceptors (Lipinski definition) is 2. The zero-order valence-corrected chi connectivity index (χ0v) is 11.5. The average Bonchev–Trinajstić information content (AvgIpc) is 2.38. The van der Waals surface area contributed by atoms with Crippen LogP contribution in [0.1, 0.15) is 39.5 Å². The Kier molecular flexibility index (Phi) is 5.69. The van der Waals surface area contributed by atoms with Gasteiger partial charge in [-0.3, -0.25) is 4.79 Å². The van der Waals surface area contributed by atoms with E-state index in [-0.39, 0.29) is 17.6 Å². The van der Waals surface area contributed by atoms with E-state index < -0.39 is 0 Å². The molecule has 0 spiro atoms. The lowest BCUT2D eigenvalue weighted by Crippen LogP contribution is -2.32. The molecule has 1 unspecified atom stereocenters. The van der Waals surface area contributed by atoms with Gasteiger partial charge in [0.15, 0.2) is 0 Å². The number of nitrogens with zero attached hydrogens (tertiary/aromatic N) is 1. The van der Waals surface area contributed by atoms with Gasteiger partial charge in [0, 0.05) is 24.7 Å². The lowest BCUT2D eigenvalue weighted by atomic mass is 9.97. The fourth-order valence-corrected chi connectivity index (χ4v) is 2.06. The molecule has 0 aromatic heterocycles.